The van der Waals surface area contributed by atoms with Crippen LogP contribution in [0, 0.1) is 5.82 Å². The predicted octanol–water partition coefficient (Wildman–Crippen LogP) is 2.31. The Morgan fingerprint density at radius 1 is 1.17 bits per heavy atom. The summed E-state index contributed by atoms with van der Waals surface area (Å²) in [6, 6.07) is 8.27. The van der Waals surface area contributed by atoms with Gasteiger partial charge in [-0.3, -0.25) is 0 Å². The van der Waals surface area contributed by atoms with Crippen LogP contribution in [0.15, 0.2) is 70.6 Å². The normalized spacial score (nSPS) is 20.3. The van der Waals surface area contributed by atoms with Crippen molar-refractivity contribution in [2.24, 2.45) is 8.20 Å². The van der Waals surface area contributed by atoms with Gasteiger partial charge >= 0.3 is 224 Å². The molecular formula is C23H20BrF4IN5O2-. The Hall–Kier alpha value is -2.94. The molecule has 192 valence electrons. The maximum atomic E-state index is 13.4. The van der Waals surface area contributed by atoms with Gasteiger partial charge in [-0.25, -0.2) is 0 Å². The van der Waals surface area contributed by atoms with Crippen molar-refractivity contribution in [3.05, 3.63) is 79.4 Å². The first kappa shape index (κ1) is 27.6. The number of nitrogens with one attached hydrogen (secondary N) is 3. The Labute approximate surface area is 223 Å². The number of carbonyl (C=O) groups excluding carboxylic acids is 1. The van der Waals surface area contributed by atoms with E-state index in [1.165, 1.54) is 0 Å². The molecule has 2 aromatic carbocycles. The zero-order chi connectivity index (χ0) is 26.3. The number of benzene rings is 2. The molecule has 4 N–H and O–H groups in total. The average molecular weight is 681 g/mol. The minimum absolute atomic E-state index is 0.0712. The van der Waals surface area contributed by atoms with E-state index in [9.17, 15) is 27.5 Å². The number of anilines is 1. The van der Waals surface area contributed by atoms with Gasteiger partial charge in [-0.2, -0.15) is 0 Å². The molecule has 0 atom stereocenters. The molecule has 1 aliphatic heterocycles. The number of carbonyl (C=O) groups is 1. The minimum atomic E-state index is -4.87. The molecule has 0 radical (unpaired) electrons. The number of allylic oxidation sites excluding steroid dienone is 3. The number of alkyl halides is 3. The first-order chi connectivity index (χ1) is 17.0. The molecule has 0 aliphatic carbocycles. The summed E-state index contributed by atoms with van der Waals surface area (Å²) in [6.07, 6.45) is -1.43. The van der Waals surface area contributed by atoms with Crippen LogP contribution in [0.4, 0.5) is 28.0 Å². The van der Waals surface area contributed by atoms with Gasteiger partial charge in [-0.05, 0) is 0 Å². The zero-order valence-corrected chi connectivity index (χ0v) is 22.4. The first-order valence-corrected chi connectivity index (χ1v) is 13.2. The van der Waals surface area contributed by atoms with Gasteiger partial charge in [-0.15, -0.1) is 0 Å². The molecule has 0 saturated heterocycles. The van der Waals surface area contributed by atoms with E-state index in [1.54, 1.807) is 36.6 Å². The fourth-order valence-electron chi connectivity index (χ4n) is 2.89. The fraction of sp³-hybridized carbons (Fsp3) is 0.174. The third-order valence-corrected chi connectivity index (χ3v) is 7.16. The molecule has 0 aromatic heterocycles. The second kappa shape index (κ2) is 12.3. The third-order valence-electron chi connectivity index (χ3n) is 4.61. The van der Waals surface area contributed by atoms with E-state index in [4.69, 9.17) is 0 Å². The number of aliphatic imine (C=N–C) groups is 1. The van der Waals surface area contributed by atoms with Gasteiger partial charge in [0.25, 0.3) is 0 Å². The molecule has 2 aromatic rings. The summed E-state index contributed by atoms with van der Waals surface area (Å²) in [5.41, 5.74) is 0.0867. The number of hydrogen-bond donors (Lipinski definition) is 4. The number of para-hydroxylation sites is 1. The molecular weight excluding hydrogens is 661 g/mol. The van der Waals surface area contributed by atoms with Crippen molar-refractivity contribution in [2.45, 2.75) is 13.1 Å². The fourth-order valence-corrected chi connectivity index (χ4v) is 5.05. The molecule has 0 fully saturated rings. The standard InChI is InChI=1S/C23H20BrF4IN5O2/c1-13-17(24)12-32-29-21(11-19(33-13)15-4-2-3-5-20(15)35)30-8-9-31-22(36)34-14-6-7-18(25)16(10-14)23(26,27)28/h2-7,10-12,30,35H,8-9H2,1H3,(H2,31,34,36)/q-1/b17-13-,21-11+,32-12-,33-19-. The Morgan fingerprint density at radius 3 is 2.64 bits per heavy atom. The number of nitrogens with zero attached hydrogens (tertiary/aromatic N) is 2. The van der Waals surface area contributed by atoms with E-state index in [-0.39, 0.29) is 24.5 Å². The molecule has 1 heterocycles. The van der Waals surface area contributed by atoms with E-state index in [0.29, 0.717) is 33.6 Å². The van der Waals surface area contributed by atoms with Crippen molar-refractivity contribution in [2.75, 3.05) is 18.4 Å². The summed E-state index contributed by atoms with van der Waals surface area (Å²) < 4.78 is 57.9. The average Bonchev–Trinajstić information content (AvgIpc) is 2.87. The van der Waals surface area contributed by atoms with Gasteiger partial charge in [0.1, 0.15) is 0 Å². The third kappa shape index (κ3) is 7.78. The van der Waals surface area contributed by atoms with Crippen LogP contribution in [0.1, 0.15) is 18.1 Å². The first-order valence-electron chi connectivity index (χ1n) is 10.3. The molecule has 0 unspecified atom stereocenters. The summed E-state index contributed by atoms with van der Waals surface area (Å²) in [4.78, 5) is 16.7. The second-order valence-electron chi connectivity index (χ2n) is 7.25. The van der Waals surface area contributed by atoms with Gasteiger partial charge in [0.05, 0.1) is 0 Å². The summed E-state index contributed by atoms with van der Waals surface area (Å²) >= 11 is 2.58. The van der Waals surface area contributed by atoms with Crippen molar-refractivity contribution in [3.8, 4) is 5.75 Å². The number of urea groups is 1. The maximum absolute atomic E-state index is 13.4. The van der Waals surface area contributed by atoms with E-state index >= 15 is 0 Å². The van der Waals surface area contributed by atoms with E-state index in [1.807, 2.05) is 6.92 Å². The molecule has 1 aliphatic rings. The molecule has 0 spiro atoms. The Balaban J connectivity index is 1.63. The van der Waals surface area contributed by atoms with Gasteiger partial charge in [0, 0.05) is 0 Å². The van der Waals surface area contributed by atoms with Crippen molar-refractivity contribution in [1.82, 2.24) is 10.6 Å². The van der Waals surface area contributed by atoms with Crippen molar-refractivity contribution in [3.63, 3.8) is 0 Å². The molecule has 0 saturated carbocycles. The van der Waals surface area contributed by atoms with Crippen LogP contribution in [-0.2, 0) is 6.18 Å². The van der Waals surface area contributed by atoms with Gasteiger partial charge in [0.15, 0.2) is 0 Å². The van der Waals surface area contributed by atoms with Crippen LogP contribution in [-0.4, -0.2) is 36.2 Å². The topological polar surface area (TPSA) is 98.1 Å². The van der Waals surface area contributed by atoms with Crippen LogP contribution in [0.3, 0.4) is 0 Å². The summed E-state index contributed by atoms with van der Waals surface area (Å²) in [5, 5.41) is 18.3. The molecule has 13 heteroatoms. The summed E-state index contributed by atoms with van der Waals surface area (Å²) in [5.74, 6) is -1.35. The molecule has 7 nitrogen and oxygen atoms in total. The SMILES string of the molecule is CC1=C(Br)\C=N/[I-]/C(NCCNC(=O)Nc2ccc(F)c(C(F)(F)F)c2)=C\C(c2ccccc2O)=N\1. The molecule has 3 rings (SSSR count). The Morgan fingerprint density at radius 2 is 1.92 bits per heavy atom. The summed E-state index contributed by atoms with van der Waals surface area (Å²) in [7, 11) is 0. The Bertz CT molecular complexity index is 1260. The van der Waals surface area contributed by atoms with Gasteiger partial charge in [-0.1, -0.05) is 0 Å². The van der Waals surface area contributed by atoms with Crippen molar-refractivity contribution < 1.29 is 48.9 Å². The van der Waals surface area contributed by atoms with E-state index in [0.717, 1.165) is 9.77 Å². The van der Waals surface area contributed by atoms with Crippen LogP contribution < -0.4 is 37.4 Å². The molecule has 36 heavy (non-hydrogen) atoms. The van der Waals surface area contributed by atoms with Gasteiger partial charge in [0.2, 0.25) is 0 Å². The Kier molecular flexibility index (Phi) is 9.48. The molecule has 2 amide bonds. The summed E-state index contributed by atoms with van der Waals surface area (Å²) in [6.45, 7) is 2.23. The number of rotatable bonds is 6. The van der Waals surface area contributed by atoms with E-state index in [2.05, 4.69) is 40.1 Å². The van der Waals surface area contributed by atoms with Crippen LogP contribution in [0.25, 0.3) is 0 Å². The monoisotopic (exact) mass is 680 g/mol. The quantitative estimate of drug-likeness (QED) is 0.163. The van der Waals surface area contributed by atoms with Crippen LogP contribution in [0.5, 0.6) is 5.75 Å². The second-order valence-corrected chi connectivity index (χ2v) is 10.3. The number of hydrogen-bond acceptors (Lipinski definition) is 5. The number of amides is 2. The number of halogens is 6. The van der Waals surface area contributed by atoms with Crippen LogP contribution in [0.2, 0.25) is 0 Å². The number of aromatic hydroxyl groups is 1. The van der Waals surface area contributed by atoms with E-state index < -0.39 is 45.1 Å². The molecule has 0 bridgehead atoms. The number of phenols is 1. The van der Waals surface area contributed by atoms with Crippen molar-refractivity contribution in [1.29, 1.82) is 0 Å². The van der Waals surface area contributed by atoms with Crippen molar-refractivity contribution >= 4 is 39.6 Å². The predicted molar refractivity (Wildman–Crippen MR) is 129 cm³/mol. The zero-order valence-electron chi connectivity index (χ0n) is 18.6. The number of phenolic OH excluding ortho intramolecular Hbond substituents is 1. The van der Waals surface area contributed by atoms with Crippen LogP contribution >= 0.6 is 15.9 Å². The van der Waals surface area contributed by atoms with Gasteiger partial charge < -0.3 is 0 Å².